The molecule has 0 N–H and O–H groups in total. The normalized spacial score (nSPS) is 25.6. The topological polar surface area (TPSA) is 105 Å². The fourth-order valence-electron chi connectivity index (χ4n) is 16.2. The van der Waals surface area contributed by atoms with E-state index in [1.807, 2.05) is 47.7 Å². The highest BCUT2D eigenvalue weighted by Crippen LogP contribution is 2.34. The molecule has 4 unspecified atom stereocenters. The lowest BCUT2D eigenvalue weighted by molar-refractivity contribution is -0.0698. The van der Waals surface area contributed by atoms with E-state index < -0.39 is 0 Å². The van der Waals surface area contributed by atoms with Crippen LogP contribution >= 0.6 is 27.3 Å². The van der Waals surface area contributed by atoms with Crippen molar-refractivity contribution < 1.29 is 47.4 Å². The van der Waals surface area contributed by atoms with E-state index in [2.05, 4.69) is 114 Å². The summed E-state index contributed by atoms with van der Waals surface area (Å²) < 4.78 is 60.7. The Morgan fingerprint density at radius 2 is 0.854 bits per heavy atom. The summed E-state index contributed by atoms with van der Waals surface area (Å²) in [6.45, 7) is 17.8. The van der Waals surface area contributed by atoms with Gasteiger partial charge in [-0.1, -0.05) is 134 Å². The predicted octanol–water partition coefficient (Wildman–Crippen LogP) is 15.3. The lowest BCUT2D eigenvalue weighted by Gasteiger charge is -2.41. The van der Waals surface area contributed by atoms with E-state index in [-0.39, 0.29) is 0 Å². The van der Waals surface area contributed by atoms with Crippen LogP contribution in [0.3, 0.4) is 0 Å². The number of hydrogen-bond acceptors (Lipinski definition) is 15. The second-order valence-corrected chi connectivity index (χ2v) is 29.2. The molecule has 8 fully saturated rings. The van der Waals surface area contributed by atoms with Crippen LogP contribution in [0, 0.1) is 0 Å². The first-order valence-corrected chi connectivity index (χ1v) is 38.8. The first kappa shape index (κ1) is 73.0. The second kappa shape index (κ2) is 40.3. The molecule has 4 saturated heterocycles. The molecule has 14 nitrogen and oxygen atoms in total. The highest BCUT2D eigenvalue weighted by atomic mass is 79.9. The van der Waals surface area contributed by atoms with Crippen LogP contribution in [-0.2, 0) is 52.4 Å². The van der Waals surface area contributed by atoms with Crippen molar-refractivity contribution >= 4 is 48.1 Å². The number of likely N-dealkylation sites (tertiary alicyclic amines) is 1. The molecule has 0 spiro atoms. The van der Waals surface area contributed by atoms with Gasteiger partial charge in [0.2, 0.25) is 0 Å². The molecule has 6 aromatic rings. The zero-order valence-electron chi connectivity index (χ0n) is 58.0. The Labute approximate surface area is 587 Å². The molecule has 16 heteroatoms. The molecule has 4 saturated carbocycles. The van der Waals surface area contributed by atoms with Crippen LogP contribution in [0.2, 0.25) is 0 Å². The standard InChI is InChI=1S/C22H29NO.C20H31NO4.C20H27NO2S.C18H26BrNO3/c1-2-11-20-18(8-1)9-7-10-19(20)14-17-24-22-13-4-3-12-21(22)23-15-5-6-16-23;1-22-19-8-7-16(15-20(19)23-2)9-12-25-18-6-4-3-5-17(18)21-10-13-24-14-11-21;1-4-8-20-17(5-1)16(15-24-20)9-12-23-19-7-3-2-6-18(19)21-10-13-22-14-11-21;19-15-5-7-16(8-6-15)22-13-14-23-18-4-2-1-3-17(18)20-9-11-21-12-10-20/h1-2,7-11,21-22H,3-6,12-17H2;7-8,15,17-18H,3-6,9-14H2,1-2H3;1,4-5,8,15,18-19H,2-3,6-7,9-14H2;5-8,17-18H,1-4,9-14H2/t21?,22-;17?,18-;18?,19-;17?,18-/m0000/s1. The first-order chi connectivity index (χ1) is 47.5. The SMILES string of the molecule is Brc1ccc(OCCO[C@H]2CCCCC2N2CCOCC2)cc1.COc1ccc(CCO[C@H]2CCCCC2N2CCOCC2)cc1OC.c1ccc2c(CCO[C@H]3CCCCC3N3CCCC3)cccc2c1.c1ccc2c(CCO[C@H]3CCCCC3N3CCOCC3)csc2c1. The largest absolute Gasteiger partial charge is 0.493 e. The maximum absolute atomic E-state index is 6.42. The molecule has 1 aromatic heterocycles. The van der Waals surface area contributed by atoms with Gasteiger partial charge in [0.25, 0.3) is 0 Å². The van der Waals surface area contributed by atoms with Crippen LogP contribution in [0.1, 0.15) is 132 Å². The minimum absolute atomic E-state index is 0.343. The lowest BCUT2D eigenvalue weighted by atomic mass is 9.91. The lowest BCUT2D eigenvalue weighted by Crippen LogP contribution is -2.51. The van der Waals surface area contributed by atoms with Gasteiger partial charge in [0.1, 0.15) is 12.4 Å². The molecule has 5 heterocycles. The molecule has 14 rings (SSSR count). The van der Waals surface area contributed by atoms with E-state index in [9.17, 15) is 0 Å². The van der Waals surface area contributed by atoms with Crippen LogP contribution in [0.5, 0.6) is 17.2 Å². The summed E-state index contributed by atoms with van der Waals surface area (Å²) in [6, 6.07) is 40.4. The Morgan fingerprint density at radius 3 is 1.39 bits per heavy atom. The van der Waals surface area contributed by atoms with Crippen LogP contribution in [-0.4, -0.2) is 207 Å². The van der Waals surface area contributed by atoms with E-state index in [0.717, 1.165) is 140 Å². The molecule has 526 valence electrons. The van der Waals surface area contributed by atoms with Gasteiger partial charge in [0.05, 0.1) is 105 Å². The van der Waals surface area contributed by atoms with Crippen molar-refractivity contribution in [2.45, 2.75) is 183 Å². The molecule has 8 aliphatic rings. The Morgan fingerprint density at radius 1 is 0.406 bits per heavy atom. The number of benzene rings is 5. The Bertz CT molecular complexity index is 3130. The fourth-order valence-corrected chi connectivity index (χ4v) is 17.5. The molecule has 96 heavy (non-hydrogen) atoms. The van der Waals surface area contributed by atoms with Gasteiger partial charge in [-0.3, -0.25) is 19.6 Å². The minimum atomic E-state index is 0.343. The van der Waals surface area contributed by atoms with E-state index in [0.29, 0.717) is 61.8 Å². The first-order valence-electron chi connectivity index (χ1n) is 37.1. The molecule has 4 aliphatic carbocycles. The van der Waals surface area contributed by atoms with Gasteiger partial charge in [-0.25, -0.2) is 0 Å². The maximum Gasteiger partial charge on any atom is 0.160 e. The fraction of sp³-hybridized carbons (Fsp3) is 0.625. The molecule has 5 aromatic carbocycles. The van der Waals surface area contributed by atoms with Gasteiger partial charge in [-0.05, 0) is 177 Å². The number of fused-ring (bicyclic) bond motifs is 2. The summed E-state index contributed by atoms with van der Waals surface area (Å²) in [5.74, 6) is 2.45. The molecule has 0 radical (unpaired) electrons. The van der Waals surface area contributed by atoms with Gasteiger partial charge in [-0.15, -0.1) is 11.3 Å². The third-order valence-corrected chi connectivity index (χ3v) is 22.9. The number of rotatable bonds is 23. The number of hydrogen-bond donors (Lipinski definition) is 0. The third-order valence-electron chi connectivity index (χ3n) is 21.3. The van der Waals surface area contributed by atoms with Crippen molar-refractivity contribution in [3.8, 4) is 17.2 Å². The highest BCUT2D eigenvalue weighted by molar-refractivity contribution is 9.10. The predicted molar refractivity (Wildman–Crippen MR) is 392 cm³/mol. The minimum Gasteiger partial charge on any atom is -0.493 e. The third kappa shape index (κ3) is 21.9. The number of thiophene rings is 1. The monoisotopic (exact) mass is 1400 g/mol. The molecule has 4 aliphatic heterocycles. The summed E-state index contributed by atoms with van der Waals surface area (Å²) >= 11 is 5.28. The van der Waals surface area contributed by atoms with Gasteiger partial charge in [0.15, 0.2) is 11.5 Å². The van der Waals surface area contributed by atoms with Crippen molar-refractivity contribution in [1.29, 1.82) is 0 Å². The van der Waals surface area contributed by atoms with Crippen molar-refractivity contribution in [2.75, 3.05) is 139 Å². The summed E-state index contributed by atoms with van der Waals surface area (Å²) in [5.41, 5.74) is 4.08. The van der Waals surface area contributed by atoms with Gasteiger partial charge in [-0.2, -0.15) is 0 Å². The molecular weight excluding hydrogens is 1290 g/mol. The van der Waals surface area contributed by atoms with E-state index in [1.165, 1.54) is 166 Å². The Hall–Kier alpha value is -4.24. The number of halogens is 1. The summed E-state index contributed by atoms with van der Waals surface area (Å²) in [4.78, 5) is 10.4. The van der Waals surface area contributed by atoms with Crippen molar-refractivity contribution in [2.24, 2.45) is 0 Å². The van der Waals surface area contributed by atoms with Gasteiger partial charge < -0.3 is 47.4 Å². The van der Waals surface area contributed by atoms with Crippen LogP contribution in [0.15, 0.2) is 119 Å². The van der Waals surface area contributed by atoms with Crippen molar-refractivity contribution in [3.63, 3.8) is 0 Å². The maximum atomic E-state index is 6.42. The number of ether oxygens (including phenoxy) is 10. The summed E-state index contributed by atoms with van der Waals surface area (Å²) in [5, 5.41) is 6.42. The number of nitrogens with zero attached hydrogens (tertiary/aromatic N) is 4. The van der Waals surface area contributed by atoms with E-state index >= 15 is 0 Å². The van der Waals surface area contributed by atoms with Crippen molar-refractivity contribution in [3.05, 3.63) is 136 Å². The number of methoxy groups -OCH3 is 2. The molecule has 0 amide bonds. The zero-order valence-corrected chi connectivity index (χ0v) is 60.4. The highest BCUT2D eigenvalue weighted by Gasteiger charge is 2.36. The van der Waals surface area contributed by atoms with E-state index in [4.69, 9.17) is 47.4 Å². The summed E-state index contributed by atoms with van der Waals surface area (Å²) in [6.07, 6.45) is 27.7. The average molecular weight is 1400 g/mol. The van der Waals surface area contributed by atoms with Crippen molar-refractivity contribution in [1.82, 2.24) is 19.6 Å². The van der Waals surface area contributed by atoms with E-state index in [1.54, 1.807) is 14.2 Å². The van der Waals surface area contributed by atoms with Crippen LogP contribution in [0.25, 0.3) is 20.9 Å². The molecular formula is C80H113BrN4O10S. The smallest absolute Gasteiger partial charge is 0.160 e. The molecule has 8 atom stereocenters. The Balaban J connectivity index is 0.000000130. The Kier molecular flexibility index (Phi) is 30.6. The van der Waals surface area contributed by atoms with Crippen LogP contribution < -0.4 is 14.2 Å². The average Bonchev–Trinajstić information content (AvgIpc) is 2.09. The van der Waals surface area contributed by atoms with Gasteiger partial charge >= 0.3 is 0 Å². The second-order valence-electron chi connectivity index (χ2n) is 27.4. The quantitative estimate of drug-likeness (QED) is 0.0568. The molecule has 0 bridgehead atoms. The summed E-state index contributed by atoms with van der Waals surface area (Å²) in [7, 11) is 3.34. The van der Waals surface area contributed by atoms with Crippen LogP contribution in [0.4, 0.5) is 0 Å². The van der Waals surface area contributed by atoms with Gasteiger partial charge in [0, 0.05) is 72.6 Å². The zero-order chi connectivity index (χ0) is 65.8. The number of morpholine rings is 3.